The molecule has 0 radical (unpaired) electrons. The van der Waals surface area contributed by atoms with E-state index in [2.05, 4.69) is 10.3 Å². The molecule has 3 aromatic rings. The molecule has 0 saturated carbocycles. The molecule has 29 heavy (non-hydrogen) atoms. The van der Waals surface area contributed by atoms with Crippen LogP contribution in [0.5, 0.6) is 5.75 Å². The molecule has 0 unspecified atom stereocenters. The summed E-state index contributed by atoms with van der Waals surface area (Å²) in [7, 11) is -1.37. The largest absolute Gasteiger partial charge is 0.494 e. The third kappa shape index (κ3) is 4.06. The van der Waals surface area contributed by atoms with Gasteiger partial charge in [-0.05, 0) is 30.3 Å². The van der Waals surface area contributed by atoms with E-state index in [4.69, 9.17) is 9.47 Å². The van der Waals surface area contributed by atoms with Gasteiger partial charge < -0.3 is 14.8 Å². The van der Waals surface area contributed by atoms with Crippen LogP contribution in [0.15, 0.2) is 59.9 Å². The zero-order valence-electron chi connectivity index (χ0n) is 15.6. The van der Waals surface area contributed by atoms with Gasteiger partial charge in [-0.3, -0.25) is 4.98 Å². The number of carbonyl (C=O) groups excluding carboxylic acids is 1. The van der Waals surface area contributed by atoms with Crippen molar-refractivity contribution in [3.63, 3.8) is 0 Å². The van der Waals surface area contributed by atoms with Crippen molar-refractivity contribution < 1.29 is 27.1 Å². The molecule has 0 saturated heterocycles. The Morgan fingerprint density at radius 3 is 2.72 bits per heavy atom. The number of carbonyl (C=O) groups is 1. The molecule has 10 heteroatoms. The number of alkyl carbamates (subject to hydrolysis) is 1. The molecule has 3 rings (SSSR count). The van der Waals surface area contributed by atoms with Crippen molar-refractivity contribution >= 4 is 16.1 Å². The molecule has 2 heterocycles. The number of nitrogens with one attached hydrogen (secondary N) is 1. The van der Waals surface area contributed by atoms with E-state index in [1.165, 1.54) is 63.1 Å². The minimum Gasteiger partial charge on any atom is -0.494 e. The number of nitrogens with zero attached hydrogens (tertiary/aromatic N) is 2. The number of rotatable bonds is 6. The number of pyridine rings is 1. The Bertz CT molecular complexity index is 1130. The van der Waals surface area contributed by atoms with Crippen LogP contribution in [-0.2, 0) is 21.4 Å². The molecule has 0 aliphatic carbocycles. The summed E-state index contributed by atoms with van der Waals surface area (Å²) in [6, 6.07) is 8.72. The number of benzene rings is 1. The Morgan fingerprint density at radius 2 is 2.07 bits per heavy atom. The van der Waals surface area contributed by atoms with Crippen LogP contribution in [0.1, 0.15) is 5.56 Å². The molecule has 1 amide bonds. The molecule has 0 atom stereocenters. The first-order chi connectivity index (χ1) is 13.9. The van der Waals surface area contributed by atoms with Gasteiger partial charge in [0.05, 0.1) is 12.8 Å². The average Bonchev–Trinajstić information content (AvgIpc) is 3.17. The van der Waals surface area contributed by atoms with E-state index >= 15 is 0 Å². The Balaban J connectivity index is 2.16. The molecule has 1 N–H and O–H groups in total. The van der Waals surface area contributed by atoms with E-state index in [0.717, 1.165) is 3.97 Å². The number of hydrogen-bond donors (Lipinski definition) is 1. The monoisotopic (exact) mass is 419 g/mol. The highest BCUT2D eigenvalue weighted by molar-refractivity contribution is 7.90. The van der Waals surface area contributed by atoms with Crippen molar-refractivity contribution in [3.05, 3.63) is 66.4 Å². The summed E-state index contributed by atoms with van der Waals surface area (Å²) >= 11 is 0. The molecule has 152 valence electrons. The highest BCUT2D eigenvalue weighted by Gasteiger charge is 2.24. The first-order valence-corrected chi connectivity index (χ1v) is 9.86. The number of methoxy groups -OCH3 is 1. The normalized spacial score (nSPS) is 11.1. The van der Waals surface area contributed by atoms with Crippen LogP contribution in [-0.4, -0.2) is 37.6 Å². The minimum atomic E-state index is -4.09. The maximum absolute atomic E-state index is 14.9. The smallest absolute Gasteiger partial charge is 0.407 e. The third-order valence-corrected chi connectivity index (χ3v) is 5.72. The highest BCUT2D eigenvalue weighted by Crippen LogP contribution is 2.32. The summed E-state index contributed by atoms with van der Waals surface area (Å²) in [6.45, 7) is -0.201. The van der Waals surface area contributed by atoms with Gasteiger partial charge in [0.1, 0.15) is 11.5 Å². The van der Waals surface area contributed by atoms with Gasteiger partial charge in [0.25, 0.3) is 10.0 Å². The number of hydrogen-bond acceptors (Lipinski definition) is 6. The van der Waals surface area contributed by atoms with E-state index in [1.54, 1.807) is 6.07 Å². The lowest BCUT2D eigenvalue weighted by atomic mass is 10.1. The maximum Gasteiger partial charge on any atom is 0.407 e. The molecular formula is C19H18FN3O5S. The van der Waals surface area contributed by atoms with Crippen LogP contribution in [0.25, 0.3) is 11.3 Å². The summed E-state index contributed by atoms with van der Waals surface area (Å²) in [6.07, 6.45) is 3.24. The molecule has 0 spiro atoms. The second kappa shape index (κ2) is 8.31. The molecule has 0 fully saturated rings. The van der Waals surface area contributed by atoms with E-state index in [1.807, 2.05) is 0 Å². The van der Waals surface area contributed by atoms with Gasteiger partial charge in [-0.2, -0.15) is 0 Å². The van der Waals surface area contributed by atoms with Gasteiger partial charge in [-0.15, -0.1) is 0 Å². The van der Waals surface area contributed by atoms with Gasteiger partial charge in [-0.25, -0.2) is 21.6 Å². The van der Waals surface area contributed by atoms with Crippen molar-refractivity contribution in [3.8, 4) is 17.0 Å². The van der Waals surface area contributed by atoms with Gasteiger partial charge in [0, 0.05) is 36.8 Å². The van der Waals surface area contributed by atoms with E-state index < -0.39 is 21.9 Å². The van der Waals surface area contributed by atoms with Crippen LogP contribution in [0, 0.1) is 5.82 Å². The van der Waals surface area contributed by atoms with E-state index in [-0.39, 0.29) is 28.5 Å². The van der Waals surface area contributed by atoms with Crippen LogP contribution in [0.4, 0.5) is 9.18 Å². The summed E-state index contributed by atoms with van der Waals surface area (Å²) in [4.78, 5) is 15.1. The summed E-state index contributed by atoms with van der Waals surface area (Å²) in [5.74, 6) is -0.744. The summed E-state index contributed by atoms with van der Waals surface area (Å²) in [5, 5.41) is 2.30. The van der Waals surface area contributed by atoms with Gasteiger partial charge >= 0.3 is 6.09 Å². The quantitative estimate of drug-likeness (QED) is 0.660. The Labute approximate surface area is 167 Å². The topological polar surface area (TPSA) is 99.5 Å². The second-order valence-corrected chi connectivity index (χ2v) is 7.69. The van der Waals surface area contributed by atoms with Crippen molar-refractivity contribution in [2.75, 3.05) is 14.2 Å². The van der Waals surface area contributed by atoms with Crippen LogP contribution >= 0.6 is 0 Å². The number of aromatic nitrogens is 2. The van der Waals surface area contributed by atoms with E-state index in [0.29, 0.717) is 5.56 Å². The van der Waals surface area contributed by atoms with Crippen molar-refractivity contribution in [1.29, 1.82) is 0 Å². The lowest BCUT2D eigenvalue weighted by Crippen LogP contribution is -2.18. The standard InChI is InChI=1S/C19H18FN3O5S/c1-21-19(24)28-12-13-9-16(15-6-3-7-17(27-2)18(15)20)23(11-13)29(25,26)14-5-4-8-22-10-14/h3-11H,12H2,1-2H3,(H,21,24). The highest BCUT2D eigenvalue weighted by atomic mass is 32.2. The molecular weight excluding hydrogens is 401 g/mol. The first-order valence-electron chi connectivity index (χ1n) is 8.42. The average molecular weight is 419 g/mol. The fraction of sp³-hybridized carbons (Fsp3) is 0.158. The van der Waals surface area contributed by atoms with Crippen molar-refractivity contribution in [1.82, 2.24) is 14.3 Å². The Hall–Kier alpha value is -3.40. The molecule has 0 aliphatic rings. The number of amides is 1. The first kappa shape index (κ1) is 20.3. The summed E-state index contributed by atoms with van der Waals surface area (Å²) in [5.41, 5.74) is 0.432. The molecule has 8 nitrogen and oxygen atoms in total. The number of ether oxygens (including phenoxy) is 2. The third-order valence-electron chi connectivity index (χ3n) is 4.07. The number of halogens is 1. The lowest BCUT2D eigenvalue weighted by Gasteiger charge is -2.12. The predicted octanol–water partition coefficient (Wildman–Crippen LogP) is 2.79. The molecule has 1 aromatic carbocycles. The summed E-state index contributed by atoms with van der Waals surface area (Å²) < 4.78 is 52.1. The fourth-order valence-corrected chi connectivity index (χ4v) is 4.03. The lowest BCUT2D eigenvalue weighted by molar-refractivity contribution is 0.142. The Kier molecular flexibility index (Phi) is 5.83. The van der Waals surface area contributed by atoms with Crippen LogP contribution in [0.2, 0.25) is 0 Å². The predicted molar refractivity (Wildman–Crippen MR) is 102 cm³/mol. The molecule has 0 aliphatic heterocycles. The minimum absolute atomic E-state index is 0.0167. The van der Waals surface area contributed by atoms with Crippen molar-refractivity contribution in [2.45, 2.75) is 11.5 Å². The van der Waals surface area contributed by atoms with Gasteiger partial charge in [0.15, 0.2) is 11.6 Å². The zero-order chi connectivity index (χ0) is 21.0. The van der Waals surface area contributed by atoms with Gasteiger partial charge in [0.2, 0.25) is 0 Å². The van der Waals surface area contributed by atoms with Crippen LogP contribution in [0.3, 0.4) is 0 Å². The Morgan fingerprint density at radius 1 is 1.28 bits per heavy atom. The van der Waals surface area contributed by atoms with E-state index in [9.17, 15) is 17.6 Å². The molecule has 0 bridgehead atoms. The maximum atomic E-state index is 14.9. The van der Waals surface area contributed by atoms with Crippen molar-refractivity contribution in [2.24, 2.45) is 0 Å². The fourth-order valence-electron chi connectivity index (χ4n) is 2.67. The molecule has 2 aromatic heterocycles. The second-order valence-electron chi connectivity index (χ2n) is 5.87. The zero-order valence-corrected chi connectivity index (χ0v) is 16.4. The van der Waals surface area contributed by atoms with Crippen LogP contribution < -0.4 is 10.1 Å². The SMILES string of the molecule is CNC(=O)OCc1cc(-c2cccc(OC)c2F)n(S(=O)(=O)c2cccnc2)c1. The van der Waals surface area contributed by atoms with Gasteiger partial charge in [-0.1, -0.05) is 6.07 Å².